The number of nitrogens with one attached hydrogen (secondary N) is 2. The smallest absolute Gasteiger partial charge is 0.224 e. The van der Waals surface area contributed by atoms with Crippen LogP contribution < -0.4 is 11.1 Å². The van der Waals surface area contributed by atoms with Crippen LogP contribution in [-0.4, -0.2) is 22.6 Å². The Labute approximate surface area is 106 Å². The highest BCUT2D eigenvalue weighted by Crippen LogP contribution is 2.17. The van der Waals surface area contributed by atoms with E-state index < -0.39 is 0 Å². The maximum Gasteiger partial charge on any atom is 0.224 e. The lowest BCUT2D eigenvalue weighted by molar-refractivity contribution is -0.116. The molecule has 96 valence electrons. The minimum Gasteiger partial charge on any atom is -0.330 e. The minimum atomic E-state index is 0.0261. The number of hydrogen-bond donors (Lipinski definition) is 3. The molecule has 1 unspecified atom stereocenters. The zero-order valence-corrected chi connectivity index (χ0v) is 10.4. The van der Waals surface area contributed by atoms with Crippen LogP contribution in [0.2, 0.25) is 0 Å². The normalized spacial score (nSPS) is 12.6. The van der Waals surface area contributed by atoms with Gasteiger partial charge in [-0.15, -0.1) is 0 Å². The molecule has 5 nitrogen and oxygen atoms in total. The van der Waals surface area contributed by atoms with E-state index in [4.69, 9.17) is 5.73 Å². The van der Waals surface area contributed by atoms with E-state index in [0.29, 0.717) is 18.9 Å². The fourth-order valence-electron chi connectivity index (χ4n) is 1.74. The SMILES string of the molecule is CC(CN)CCC(=O)Nc1ccc2[nH]ncc2c1. The van der Waals surface area contributed by atoms with E-state index >= 15 is 0 Å². The number of anilines is 1. The van der Waals surface area contributed by atoms with Crippen molar-refractivity contribution in [2.45, 2.75) is 19.8 Å². The van der Waals surface area contributed by atoms with Crippen molar-refractivity contribution in [1.29, 1.82) is 0 Å². The highest BCUT2D eigenvalue weighted by molar-refractivity contribution is 5.93. The number of H-pyrrole nitrogens is 1. The van der Waals surface area contributed by atoms with E-state index in [1.807, 2.05) is 25.1 Å². The number of hydrogen-bond acceptors (Lipinski definition) is 3. The van der Waals surface area contributed by atoms with Crippen LogP contribution in [0.15, 0.2) is 24.4 Å². The molecule has 0 fully saturated rings. The molecule has 0 radical (unpaired) electrons. The van der Waals surface area contributed by atoms with Crippen LogP contribution >= 0.6 is 0 Å². The van der Waals surface area contributed by atoms with Gasteiger partial charge in [-0.05, 0) is 37.1 Å². The third-order valence-corrected chi connectivity index (χ3v) is 2.99. The predicted octanol–water partition coefficient (Wildman–Crippen LogP) is 1.88. The summed E-state index contributed by atoms with van der Waals surface area (Å²) in [6.45, 7) is 2.67. The quantitative estimate of drug-likeness (QED) is 0.753. The lowest BCUT2D eigenvalue weighted by atomic mass is 10.1. The Kier molecular flexibility index (Phi) is 3.94. The molecule has 1 amide bonds. The number of carbonyl (C=O) groups excluding carboxylic acids is 1. The number of rotatable bonds is 5. The van der Waals surface area contributed by atoms with Crippen molar-refractivity contribution in [3.05, 3.63) is 24.4 Å². The highest BCUT2D eigenvalue weighted by atomic mass is 16.1. The summed E-state index contributed by atoms with van der Waals surface area (Å²) in [4.78, 5) is 11.7. The van der Waals surface area contributed by atoms with Gasteiger partial charge in [0.25, 0.3) is 0 Å². The third-order valence-electron chi connectivity index (χ3n) is 2.99. The van der Waals surface area contributed by atoms with E-state index in [1.54, 1.807) is 6.20 Å². The van der Waals surface area contributed by atoms with Crippen molar-refractivity contribution in [2.24, 2.45) is 11.7 Å². The molecular formula is C13H18N4O. The number of aromatic amines is 1. The fourth-order valence-corrected chi connectivity index (χ4v) is 1.74. The minimum absolute atomic E-state index is 0.0261. The monoisotopic (exact) mass is 246 g/mol. The van der Waals surface area contributed by atoms with Gasteiger partial charge in [0.2, 0.25) is 5.91 Å². The molecule has 5 heteroatoms. The number of nitrogens with zero attached hydrogens (tertiary/aromatic N) is 1. The Bertz CT molecular complexity index is 535. The summed E-state index contributed by atoms with van der Waals surface area (Å²) in [5, 5.41) is 10.7. The molecule has 0 aliphatic rings. The first-order valence-electron chi connectivity index (χ1n) is 6.12. The molecule has 0 saturated carbocycles. The van der Waals surface area contributed by atoms with Crippen LogP contribution in [0.4, 0.5) is 5.69 Å². The summed E-state index contributed by atoms with van der Waals surface area (Å²) in [6, 6.07) is 5.67. The Morgan fingerprint density at radius 1 is 1.56 bits per heavy atom. The van der Waals surface area contributed by atoms with Crippen molar-refractivity contribution < 1.29 is 4.79 Å². The first kappa shape index (κ1) is 12.6. The third kappa shape index (κ3) is 3.07. The number of nitrogens with two attached hydrogens (primary N) is 1. The van der Waals surface area contributed by atoms with Gasteiger partial charge in [-0.25, -0.2) is 0 Å². The summed E-state index contributed by atoms with van der Waals surface area (Å²) < 4.78 is 0. The average molecular weight is 246 g/mol. The standard InChI is InChI=1S/C13H18N4O/c1-9(7-14)2-5-13(18)16-11-3-4-12-10(6-11)8-15-17-12/h3-4,6,8-9H,2,5,7,14H2,1H3,(H,15,17)(H,16,18). The largest absolute Gasteiger partial charge is 0.330 e. The molecule has 0 bridgehead atoms. The molecule has 1 atom stereocenters. The van der Waals surface area contributed by atoms with E-state index in [-0.39, 0.29) is 5.91 Å². The van der Waals surface area contributed by atoms with Gasteiger partial charge in [0.15, 0.2) is 0 Å². The van der Waals surface area contributed by atoms with E-state index in [9.17, 15) is 4.79 Å². The average Bonchev–Trinajstić information content (AvgIpc) is 2.83. The fraction of sp³-hybridized carbons (Fsp3) is 0.385. The van der Waals surface area contributed by atoms with Crippen LogP contribution in [-0.2, 0) is 4.79 Å². The highest BCUT2D eigenvalue weighted by Gasteiger charge is 2.06. The molecule has 1 aromatic heterocycles. The summed E-state index contributed by atoms with van der Waals surface area (Å²) in [7, 11) is 0. The van der Waals surface area contributed by atoms with Gasteiger partial charge in [-0.1, -0.05) is 6.92 Å². The van der Waals surface area contributed by atoms with Gasteiger partial charge in [-0.3, -0.25) is 9.89 Å². The van der Waals surface area contributed by atoms with E-state index in [1.165, 1.54) is 0 Å². The molecule has 4 N–H and O–H groups in total. The second-order valence-electron chi connectivity index (χ2n) is 4.60. The summed E-state index contributed by atoms with van der Waals surface area (Å²) in [6.07, 6.45) is 3.06. The van der Waals surface area contributed by atoms with Crippen molar-refractivity contribution in [1.82, 2.24) is 10.2 Å². The molecule has 0 aliphatic heterocycles. The predicted molar refractivity (Wildman–Crippen MR) is 72.2 cm³/mol. The van der Waals surface area contributed by atoms with Crippen molar-refractivity contribution in [2.75, 3.05) is 11.9 Å². The van der Waals surface area contributed by atoms with E-state index in [2.05, 4.69) is 15.5 Å². The van der Waals surface area contributed by atoms with Gasteiger partial charge < -0.3 is 11.1 Å². The molecule has 0 spiro atoms. The van der Waals surface area contributed by atoms with Gasteiger partial charge in [0, 0.05) is 17.5 Å². The Morgan fingerprint density at radius 2 is 2.39 bits per heavy atom. The van der Waals surface area contributed by atoms with E-state index in [0.717, 1.165) is 23.0 Å². The van der Waals surface area contributed by atoms with Gasteiger partial charge in [0.05, 0.1) is 11.7 Å². The van der Waals surface area contributed by atoms with Crippen molar-refractivity contribution >= 4 is 22.5 Å². The summed E-state index contributed by atoms with van der Waals surface area (Å²) in [5.41, 5.74) is 7.28. The number of amides is 1. The van der Waals surface area contributed by atoms with Crippen LogP contribution in [0.5, 0.6) is 0 Å². The summed E-state index contributed by atoms with van der Waals surface area (Å²) in [5.74, 6) is 0.408. The molecule has 2 aromatic rings. The number of fused-ring (bicyclic) bond motifs is 1. The number of aromatic nitrogens is 2. The van der Waals surface area contributed by atoms with Gasteiger partial charge in [-0.2, -0.15) is 5.10 Å². The molecule has 18 heavy (non-hydrogen) atoms. The van der Waals surface area contributed by atoms with Crippen LogP contribution in [0.1, 0.15) is 19.8 Å². The molecular weight excluding hydrogens is 228 g/mol. The van der Waals surface area contributed by atoms with Crippen LogP contribution in [0, 0.1) is 5.92 Å². The lowest BCUT2D eigenvalue weighted by Gasteiger charge is -2.08. The Balaban J connectivity index is 1.94. The van der Waals surface area contributed by atoms with Gasteiger partial charge >= 0.3 is 0 Å². The second-order valence-corrected chi connectivity index (χ2v) is 4.60. The molecule has 2 rings (SSSR count). The maximum atomic E-state index is 11.7. The van der Waals surface area contributed by atoms with Crippen molar-refractivity contribution in [3.8, 4) is 0 Å². The molecule has 1 aromatic carbocycles. The van der Waals surface area contributed by atoms with Crippen LogP contribution in [0.25, 0.3) is 10.9 Å². The first-order chi connectivity index (χ1) is 8.69. The van der Waals surface area contributed by atoms with Crippen molar-refractivity contribution in [3.63, 3.8) is 0 Å². The topological polar surface area (TPSA) is 83.8 Å². The first-order valence-corrected chi connectivity index (χ1v) is 6.12. The molecule has 0 aliphatic carbocycles. The maximum absolute atomic E-state index is 11.7. The van der Waals surface area contributed by atoms with Gasteiger partial charge in [0.1, 0.15) is 0 Å². The second kappa shape index (κ2) is 5.64. The molecule has 0 saturated heterocycles. The zero-order valence-electron chi connectivity index (χ0n) is 10.4. The lowest BCUT2D eigenvalue weighted by Crippen LogP contribution is -2.16. The zero-order chi connectivity index (χ0) is 13.0. The van der Waals surface area contributed by atoms with Crippen LogP contribution in [0.3, 0.4) is 0 Å². The molecule has 1 heterocycles. The Hall–Kier alpha value is -1.88. The summed E-state index contributed by atoms with van der Waals surface area (Å²) >= 11 is 0. The number of carbonyl (C=O) groups is 1. The number of benzene rings is 1. The Morgan fingerprint density at radius 3 is 3.17 bits per heavy atom.